The number of nitrogens with zero attached hydrogens (tertiary/aromatic N) is 1. The molecule has 0 bridgehead atoms. The molecule has 0 saturated carbocycles. The number of carbonyl (C=O) groups is 2. The summed E-state index contributed by atoms with van der Waals surface area (Å²) in [5, 5.41) is 0. The normalized spacial score (nSPS) is 29.4. The summed E-state index contributed by atoms with van der Waals surface area (Å²) in [5.41, 5.74) is 0. The molecule has 0 radical (unpaired) electrons. The molecule has 2 aliphatic heterocycles. The number of ether oxygens (including phenoxy) is 2. The number of epoxide rings is 1. The number of esters is 1. The molecule has 15 heavy (non-hydrogen) atoms. The first-order valence-corrected chi connectivity index (χ1v) is 5.30. The van der Waals surface area contributed by atoms with E-state index in [4.69, 9.17) is 9.47 Å². The van der Waals surface area contributed by atoms with E-state index in [0.717, 1.165) is 0 Å². The lowest BCUT2D eigenvalue weighted by Gasteiger charge is -2.22. The average molecular weight is 213 g/mol. The van der Waals surface area contributed by atoms with Crippen molar-refractivity contribution in [3.05, 3.63) is 0 Å². The first-order valence-electron chi connectivity index (χ1n) is 5.30. The minimum Gasteiger partial charge on any atom is -0.464 e. The summed E-state index contributed by atoms with van der Waals surface area (Å²) in [5.74, 6) is -0.257. The molecule has 2 aliphatic rings. The maximum Gasteiger partial charge on any atom is 0.328 e. The highest BCUT2D eigenvalue weighted by molar-refractivity contribution is 5.88. The molecule has 5 nitrogen and oxygen atoms in total. The van der Waals surface area contributed by atoms with E-state index in [-0.39, 0.29) is 24.0 Å². The van der Waals surface area contributed by atoms with Crippen molar-refractivity contribution in [2.24, 2.45) is 0 Å². The van der Waals surface area contributed by atoms with Gasteiger partial charge in [-0.05, 0) is 13.3 Å². The van der Waals surface area contributed by atoms with Gasteiger partial charge in [0.2, 0.25) is 5.91 Å². The number of amides is 1. The molecule has 2 unspecified atom stereocenters. The Bertz CT molecular complexity index is 275. The van der Waals surface area contributed by atoms with Crippen LogP contribution in [0, 0.1) is 0 Å². The molecule has 0 aromatic carbocycles. The lowest BCUT2D eigenvalue weighted by molar-refractivity contribution is -0.151. The second-order valence-electron chi connectivity index (χ2n) is 3.81. The van der Waals surface area contributed by atoms with Gasteiger partial charge >= 0.3 is 5.97 Å². The van der Waals surface area contributed by atoms with Gasteiger partial charge in [-0.2, -0.15) is 0 Å². The minimum absolute atomic E-state index is 0.0311. The molecule has 2 fully saturated rings. The van der Waals surface area contributed by atoms with Crippen LogP contribution in [0.15, 0.2) is 0 Å². The summed E-state index contributed by atoms with van der Waals surface area (Å²) in [4.78, 5) is 24.7. The van der Waals surface area contributed by atoms with Crippen LogP contribution in [0.5, 0.6) is 0 Å². The van der Waals surface area contributed by atoms with E-state index in [2.05, 4.69) is 0 Å². The molecular formula is C10H15NO4. The van der Waals surface area contributed by atoms with E-state index in [1.807, 2.05) is 0 Å². The topological polar surface area (TPSA) is 59.1 Å². The van der Waals surface area contributed by atoms with Crippen LogP contribution in [0.2, 0.25) is 0 Å². The lowest BCUT2D eigenvalue weighted by atomic mass is 10.2. The van der Waals surface area contributed by atoms with Crippen LogP contribution in [-0.4, -0.2) is 48.7 Å². The summed E-state index contributed by atoms with van der Waals surface area (Å²) in [7, 11) is 0. The van der Waals surface area contributed by atoms with Crippen molar-refractivity contribution in [1.82, 2.24) is 4.90 Å². The van der Waals surface area contributed by atoms with Crippen LogP contribution in [0.25, 0.3) is 0 Å². The summed E-state index contributed by atoms with van der Waals surface area (Å²) in [6.07, 6.45) is 1.14. The molecule has 84 valence electrons. The molecule has 5 heteroatoms. The van der Waals surface area contributed by atoms with Gasteiger partial charge in [0, 0.05) is 6.42 Å². The maximum atomic E-state index is 11.5. The molecule has 2 rings (SSSR count). The van der Waals surface area contributed by atoms with E-state index in [9.17, 15) is 9.59 Å². The van der Waals surface area contributed by atoms with Crippen molar-refractivity contribution in [3.8, 4) is 0 Å². The predicted molar refractivity (Wildman–Crippen MR) is 51.1 cm³/mol. The largest absolute Gasteiger partial charge is 0.464 e. The van der Waals surface area contributed by atoms with Crippen LogP contribution in [0.3, 0.4) is 0 Å². The zero-order valence-corrected chi connectivity index (χ0v) is 8.77. The van der Waals surface area contributed by atoms with E-state index < -0.39 is 0 Å². The SMILES string of the molecule is CCOC(=O)C1CCC(=O)N1CC1CO1. The number of hydrogen-bond acceptors (Lipinski definition) is 4. The molecule has 0 aromatic rings. The van der Waals surface area contributed by atoms with Crippen molar-refractivity contribution in [1.29, 1.82) is 0 Å². The number of rotatable bonds is 4. The highest BCUT2D eigenvalue weighted by atomic mass is 16.6. The van der Waals surface area contributed by atoms with Crippen LogP contribution in [0.1, 0.15) is 19.8 Å². The Hall–Kier alpha value is -1.10. The quantitative estimate of drug-likeness (QED) is 0.485. The van der Waals surface area contributed by atoms with Gasteiger partial charge in [0.25, 0.3) is 0 Å². The summed E-state index contributed by atoms with van der Waals surface area (Å²) in [6, 6.07) is -0.387. The molecule has 2 atom stereocenters. The predicted octanol–water partition coefficient (Wildman–Crippen LogP) is -0.0607. The van der Waals surface area contributed by atoms with Gasteiger partial charge in [0.05, 0.1) is 25.9 Å². The minimum atomic E-state index is -0.387. The maximum absolute atomic E-state index is 11.5. The Kier molecular flexibility index (Phi) is 2.90. The third kappa shape index (κ3) is 2.28. The Labute approximate surface area is 88.3 Å². The number of hydrogen-bond donors (Lipinski definition) is 0. The molecular weight excluding hydrogens is 198 g/mol. The van der Waals surface area contributed by atoms with Gasteiger partial charge < -0.3 is 14.4 Å². The van der Waals surface area contributed by atoms with Crippen molar-refractivity contribution in [2.45, 2.75) is 31.9 Å². The first-order chi connectivity index (χ1) is 7.22. The van der Waals surface area contributed by atoms with Crippen molar-refractivity contribution >= 4 is 11.9 Å². The fraction of sp³-hybridized carbons (Fsp3) is 0.800. The Morgan fingerprint density at radius 3 is 3.00 bits per heavy atom. The number of carbonyl (C=O) groups excluding carboxylic acids is 2. The number of likely N-dealkylation sites (tertiary alicyclic amines) is 1. The molecule has 2 heterocycles. The Morgan fingerprint density at radius 2 is 2.40 bits per heavy atom. The molecule has 0 aliphatic carbocycles. The smallest absolute Gasteiger partial charge is 0.328 e. The van der Waals surface area contributed by atoms with Crippen LogP contribution >= 0.6 is 0 Å². The van der Waals surface area contributed by atoms with Crippen LogP contribution < -0.4 is 0 Å². The summed E-state index contributed by atoms with van der Waals surface area (Å²) < 4.78 is 9.99. The highest BCUT2D eigenvalue weighted by Gasteiger charge is 2.40. The van der Waals surface area contributed by atoms with Crippen LogP contribution in [0.4, 0.5) is 0 Å². The van der Waals surface area contributed by atoms with E-state index in [1.54, 1.807) is 11.8 Å². The van der Waals surface area contributed by atoms with Gasteiger partial charge in [-0.3, -0.25) is 4.79 Å². The zero-order chi connectivity index (χ0) is 10.8. The van der Waals surface area contributed by atoms with E-state index in [1.165, 1.54) is 0 Å². The standard InChI is InChI=1S/C10H15NO4/c1-2-14-10(13)8-3-4-9(12)11(8)5-7-6-15-7/h7-8H,2-6H2,1H3. The molecule has 0 N–H and O–H groups in total. The fourth-order valence-electron chi connectivity index (χ4n) is 1.84. The third-order valence-electron chi connectivity index (χ3n) is 2.69. The van der Waals surface area contributed by atoms with E-state index >= 15 is 0 Å². The second-order valence-corrected chi connectivity index (χ2v) is 3.81. The summed E-state index contributed by atoms with van der Waals surface area (Å²) >= 11 is 0. The van der Waals surface area contributed by atoms with E-state index in [0.29, 0.717) is 32.6 Å². The van der Waals surface area contributed by atoms with Crippen molar-refractivity contribution in [2.75, 3.05) is 19.8 Å². The van der Waals surface area contributed by atoms with Gasteiger partial charge in [-0.15, -0.1) is 0 Å². The van der Waals surface area contributed by atoms with Gasteiger partial charge in [0.15, 0.2) is 0 Å². The summed E-state index contributed by atoms with van der Waals surface area (Å²) in [6.45, 7) is 3.35. The van der Waals surface area contributed by atoms with Gasteiger partial charge in [-0.1, -0.05) is 0 Å². The fourth-order valence-corrected chi connectivity index (χ4v) is 1.84. The first kappa shape index (κ1) is 10.4. The second kappa shape index (κ2) is 4.18. The van der Waals surface area contributed by atoms with Crippen molar-refractivity contribution < 1.29 is 19.1 Å². The average Bonchev–Trinajstić information content (AvgIpc) is 2.93. The molecule has 0 spiro atoms. The van der Waals surface area contributed by atoms with Gasteiger partial charge in [0.1, 0.15) is 6.04 Å². The zero-order valence-electron chi connectivity index (χ0n) is 8.77. The highest BCUT2D eigenvalue weighted by Crippen LogP contribution is 2.23. The molecule has 0 aromatic heterocycles. The lowest BCUT2D eigenvalue weighted by Crippen LogP contribution is -2.41. The molecule has 1 amide bonds. The monoisotopic (exact) mass is 213 g/mol. The van der Waals surface area contributed by atoms with Crippen molar-refractivity contribution in [3.63, 3.8) is 0 Å². The van der Waals surface area contributed by atoms with Crippen LogP contribution in [-0.2, 0) is 19.1 Å². The Balaban J connectivity index is 1.96. The Morgan fingerprint density at radius 1 is 1.67 bits per heavy atom. The molecule has 2 saturated heterocycles. The van der Waals surface area contributed by atoms with Gasteiger partial charge in [-0.25, -0.2) is 4.79 Å². The third-order valence-corrected chi connectivity index (χ3v) is 2.69.